The molecule has 0 amide bonds. The Bertz CT molecular complexity index is 502. The number of rotatable bonds is 4. The van der Waals surface area contributed by atoms with Crippen molar-refractivity contribution in [3.8, 4) is 0 Å². The lowest BCUT2D eigenvalue weighted by atomic mass is 9.92. The van der Waals surface area contributed by atoms with Crippen molar-refractivity contribution in [3.63, 3.8) is 0 Å². The second-order valence-corrected chi connectivity index (χ2v) is 4.48. The highest BCUT2D eigenvalue weighted by Gasteiger charge is 2.17. The van der Waals surface area contributed by atoms with Gasteiger partial charge in [-0.05, 0) is 31.0 Å². The SMILES string of the molecule is CCC(CO)C(N)c1ccc2nc(C)[nH]c2c1. The van der Waals surface area contributed by atoms with Crippen LogP contribution < -0.4 is 5.73 Å². The number of aromatic nitrogens is 2. The van der Waals surface area contributed by atoms with Crippen LogP contribution in [0, 0.1) is 12.8 Å². The number of nitrogens with two attached hydrogens (primary N) is 1. The Morgan fingerprint density at radius 1 is 1.47 bits per heavy atom. The van der Waals surface area contributed by atoms with Crippen LogP contribution in [0.3, 0.4) is 0 Å². The van der Waals surface area contributed by atoms with Gasteiger partial charge in [0.15, 0.2) is 0 Å². The molecule has 0 radical (unpaired) electrons. The average Bonchev–Trinajstić information content (AvgIpc) is 2.69. The molecule has 1 aromatic carbocycles. The number of aryl methyl sites for hydroxylation is 1. The number of benzene rings is 1. The predicted molar refractivity (Wildman–Crippen MR) is 68.6 cm³/mol. The van der Waals surface area contributed by atoms with E-state index in [9.17, 15) is 5.11 Å². The highest BCUT2D eigenvalue weighted by molar-refractivity contribution is 5.76. The molecule has 0 aliphatic heterocycles. The van der Waals surface area contributed by atoms with Gasteiger partial charge in [0, 0.05) is 18.6 Å². The minimum absolute atomic E-state index is 0.108. The Kier molecular flexibility index (Phi) is 3.45. The molecule has 4 heteroatoms. The van der Waals surface area contributed by atoms with Crippen LogP contribution in [0.15, 0.2) is 18.2 Å². The zero-order valence-corrected chi connectivity index (χ0v) is 10.3. The topological polar surface area (TPSA) is 74.9 Å². The van der Waals surface area contributed by atoms with Gasteiger partial charge in [-0.1, -0.05) is 13.0 Å². The molecule has 1 heterocycles. The van der Waals surface area contributed by atoms with Crippen LogP contribution >= 0.6 is 0 Å². The molecular formula is C13H19N3O. The molecule has 0 fully saturated rings. The van der Waals surface area contributed by atoms with Gasteiger partial charge in [-0.2, -0.15) is 0 Å². The molecule has 0 aliphatic rings. The van der Waals surface area contributed by atoms with Crippen LogP contribution in [-0.4, -0.2) is 21.7 Å². The van der Waals surface area contributed by atoms with Crippen molar-refractivity contribution in [3.05, 3.63) is 29.6 Å². The molecular weight excluding hydrogens is 214 g/mol. The minimum atomic E-state index is -0.127. The van der Waals surface area contributed by atoms with Crippen LogP contribution in [0.1, 0.15) is 30.8 Å². The number of aliphatic hydroxyl groups excluding tert-OH is 1. The van der Waals surface area contributed by atoms with Crippen molar-refractivity contribution in [1.82, 2.24) is 9.97 Å². The Hall–Kier alpha value is -1.39. The lowest BCUT2D eigenvalue weighted by molar-refractivity contribution is 0.201. The van der Waals surface area contributed by atoms with E-state index in [1.807, 2.05) is 32.0 Å². The number of H-pyrrole nitrogens is 1. The molecule has 17 heavy (non-hydrogen) atoms. The van der Waals surface area contributed by atoms with E-state index in [2.05, 4.69) is 9.97 Å². The van der Waals surface area contributed by atoms with Crippen molar-refractivity contribution in [2.75, 3.05) is 6.61 Å². The van der Waals surface area contributed by atoms with Crippen LogP contribution in [-0.2, 0) is 0 Å². The van der Waals surface area contributed by atoms with Crippen LogP contribution in [0.2, 0.25) is 0 Å². The quantitative estimate of drug-likeness (QED) is 0.755. The summed E-state index contributed by atoms with van der Waals surface area (Å²) in [7, 11) is 0. The molecule has 0 bridgehead atoms. The van der Waals surface area contributed by atoms with Crippen LogP contribution in [0.4, 0.5) is 0 Å². The van der Waals surface area contributed by atoms with Gasteiger partial charge in [-0.15, -0.1) is 0 Å². The van der Waals surface area contributed by atoms with Gasteiger partial charge >= 0.3 is 0 Å². The van der Waals surface area contributed by atoms with Crippen molar-refractivity contribution in [1.29, 1.82) is 0 Å². The highest BCUT2D eigenvalue weighted by Crippen LogP contribution is 2.24. The van der Waals surface area contributed by atoms with Gasteiger partial charge in [0.05, 0.1) is 11.0 Å². The smallest absolute Gasteiger partial charge is 0.104 e. The predicted octanol–water partition coefficient (Wildman–Crippen LogP) is 1.89. The van der Waals surface area contributed by atoms with Crippen molar-refractivity contribution in [2.45, 2.75) is 26.3 Å². The number of hydrogen-bond acceptors (Lipinski definition) is 3. The van der Waals surface area contributed by atoms with Gasteiger partial charge < -0.3 is 15.8 Å². The van der Waals surface area contributed by atoms with Gasteiger partial charge in [-0.25, -0.2) is 4.98 Å². The summed E-state index contributed by atoms with van der Waals surface area (Å²) in [6, 6.07) is 5.86. The number of nitrogens with one attached hydrogen (secondary N) is 1. The van der Waals surface area contributed by atoms with Gasteiger partial charge in [0.1, 0.15) is 5.82 Å². The summed E-state index contributed by atoms with van der Waals surface area (Å²) in [4.78, 5) is 7.55. The van der Waals surface area contributed by atoms with Crippen molar-refractivity contribution < 1.29 is 5.11 Å². The second-order valence-electron chi connectivity index (χ2n) is 4.48. The molecule has 0 aliphatic carbocycles. The van der Waals surface area contributed by atoms with Crippen molar-refractivity contribution in [2.24, 2.45) is 11.7 Å². The standard InChI is InChI=1S/C13H19N3O/c1-3-9(7-17)13(14)10-4-5-11-12(6-10)16-8(2)15-11/h4-6,9,13,17H,3,7,14H2,1-2H3,(H,15,16). The summed E-state index contributed by atoms with van der Waals surface area (Å²) in [6.45, 7) is 4.10. The maximum absolute atomic E-state index is 9.27. The van der Waals surface area contributed by atoms with E-state index in [0.717, 1.165) is 28.8 Å². The molecule has 2 atom stereocenters. The van der Waals surface area contributed by atoms with E-state index in [1.165, 1.54) is 0 Å². The van der Waals surface area contributed by atoms with E-state index >= 15 is 0 Å². The van der Waals surface area contributed by atoms with Crippen LogP contribution in [0.5, 0.6) is 0 Å². The molecule has 1 aromatic heterocycles. The van der Waals surface area contributed by atoms with Crippen LogP contribution in [0.25, 0.3) is 11.0 Å². The third-order valence-electron chi connectivity index (χ3n) is 3.28. The summed E-state index contributed by atoms with van der Waals surface area (Å²) in [5.74, 6) is 1.01. The summed E-state index contributed by atoms with van der Waals surface area (Å²) in [5.41, 5.74) is 9.16. The van der Waals surface area contributed by atoms with E-state index in [-0.39, 0.29) is 18.6 Å². The molecule has 0 saturated carbocycles. The molecule has 0 spiro atoms. The first-order valence-electron chi connectivity index (χ1n) is 5.98. The van der Waals surface area contributed by atoms with E-state index in [4.69, 9.17) is 5.73 Å². The zero-order valence-electron chi connectivity index (χ0n) is 10.3. The monoisotopic (exact) mass is 233 g/mol. The van der Waals surface area contributed by atoms with Gasteiger partial charge in [0.2, 0.25) is 0 Å². The Balaban J connectivity index is 2.34. The molecule has 4 nitrogen and oxygen atoms in total. The summed E-state index contributed by atoms with van der Waals surface area (Å²) in [5, 5.41) is 9.27. The molecule has 92 valence electrons. The number of hydrogen-bond donors (Lipinski definition) is 3. The van der Waals surface area contributed by atoms with E-state index in [1.54, 1.807) is 0 Å². The maximum atomic E-state index is 9.27. The summed E-state index contributed by atoms with van der Waals surface area (Å²) >= 11 is 0. The maximum Gasteiger partial charge on any atom is 0.104 e. The number of aliphatic hydroxyl groups is 1. The fourth-order valence-electron chi connectivity index (χ4n) is 2.13. The van der Waals surface area contributed by atoms with Gasteiger partial charge in [-0.3, -0.25) is 0 Å². The molecule has 0 saturated heterocycles. The first-order valence-corrected chi connectivity index (χ1v) is 5.98. The molecule has 4 N–H and O–H groups in total. The Morgan fingerprint density at radius 3 is 2.88 bits per heavy atom. The fourth-order valence-corrected chi connectivity index (χ4v) is 2.13. The minimum Gasteiger partial charge on any atom is -0.396 e. The fraction of sp³-hybridized carbons (Fsp3) is 0.462. The third-order valence-corrected chi connectivity index (χ3v) is 3.28. The van der Waals surface area contributed by atoms with Gasteiger partial charge in [0.25, 0.3) is 0 Å². The summed E-state index contributed by atoms with van der Waals surface area (Å²) < 4.78 is 0. The largest absolute Gasteiger partial charge is 0.396 e. The number of fused-ring (bicyclic) bond motifs is 1. The lowest BCUT2D eigenvalue weighted by Gasteiger charge is -2.20. The highest BCUT2D eigenvalue weighted by atomic mass is 16.3. The molecule has 2 aromatic rings. The summed E-state index contributed by atoms with van der Waals surface area (Å²) in [6.07, 6.45) is 0.873. The number of imidazole rings is 1. The van der Waals surface area contributed by atoms with Crippen molar-refractivity contribution >= 4 is 11.0 Å². The lowest BCUT2D eigenvalue weighted by Crippen LogP contribution is -2.23. The van der Waals surface area contributed by atoms with E-state index < -0.39 is 0 Å². The third kappa shape index (κ3) is 2.33. The first kappa shape index (κ1) is 12.1. The second kappa shape index (κ2) is 4.85. The number of aromatic amines is 1. The molecule has 2 rings (SSSR count). The Morgan fingerprint density at radius 2 is 2.24 bits per heavy atom. The molecule has 2 unspecified atom stereocenters. The average molecular weight is 233 g/mol. The number of nitrogens with zero attached hydrogens (tertiary/aromatic N) is 1. The zero-order chi connectivity index (χ0) is 12.4. The Labute approximate surface area is 101 Å². The normalized spacial score (nSPS) is 15.1. The first-order chi connectivity index (χ1) is 8.15. The van der Waals surface area contributed by atoms with E-state index in [0.29, 0.717) is 0 Å².